The number of aryl methyl sites for hydroxylation is 2. The summed E-state index contributed by atoms with van der Waals surface area (Å²) < 4.78 is 54.9. The summed E-state index contributed by atoms with van der Waals surface area (Å²) in [6.07, 6.45) is -1.88. The number of likely N-dealkylation sites (tertiary alicyclic amines) is 1. The first-order valence-corrected chi connectivity index (χ1v) is 15.4. The van der Waals surface area contributed by atoms with E-state index in [1.54, 1.807) is 22.9 Å². The van der Waals surface area contributed by atoms with Gasteiger partial charge in [-0.1, -0.05) is 18.2 Å². The highest BCUT2D eigenvalue weighted by Gasteiger charge is 2.34. The van der Waals surface area contributed by atoms with Gasteiger partial charge in [0.1, 0.15) is 11.2 Å². The molecule has 0 amide bonds. The first-order valence-electron chi connectivity index (χ1n) is 15.4. The molecular formula is C35H45F3N2O5. The Balaban J connectivity index is 1.65. The molecule has 4 rings (SSSR count). The number of ether oxygens (including phenoxy) is 3. The second-order valence-electron chi connectivity index (χ2n) is 14.0. The first kappa shape index (κ1) is 34.5. The number of hydrogen-bond acceptors (Lipinski definition) is 6. The van der Waals surface area contributed by atoms with Gasteiger partial charge in [0.15, 0.2) is 0 Å². The number of alkyl halides is 3. The summed E-state index contributed by atoms with van der Waals surface area (Å²) >= 11 is 0. The van der Waals surface area contributed by atoms with Crippen LogP contribution < -0.4 is 0 Å². The minimum Gasteiger partial charge on any atom is -0.456 e. The molecule has 0 saturated carbocycles. The molecular weight excluding hydrogens is 585 g/mol. The third-order valence-electron chi connectivity index (χ3n) is 8.04. The average molecular weight is 631 g/mol. The van der Waals surface area contributed by atoms with Gasteiger partial charge in [0, 0.05) is 24.7 Å². The van der Waals surface area contributed by atoms with Crippen LogP contribution in [-0.4, -0.2) is 65.3 Å². The van der Waals surface area contributed by atoms with Crippen LogP contribution >= 0.6 is 0 Å². The van der Waals surface area contributed by atoms with Gasteiger partial charge in [0.2, 0.25) is 0 Å². The molecule has 7 nitrogen and oxygen atoms in total. The summed E-state index contributed by atoms with van der Waals surface area (Å²) in [6.45, 7) is 15.9. The molecule has 1 fully saturated rings. The molecule has 1 aromatic heterocycles. The lowest BCUT2D eigenvalue weighted by Gasteiger charge is -2.39. The number of piperidine rings is 1. The van der Waals surface area contributed by atoms with Crippen molar-refractivity contribution in [1.82, 2.24) is 9.47 Å². The number of halogens is 3. The Bertz CT molecular complexity index is 1510. The van der Waals surface area contributed by atoms with Crippen LogP contribution in [-0.2, 0) is 20.6 Å². The molecule has 246 valence electrons. The lowest BCUT2D eigenvalue weighted by Crippen LogP contribution is -2.42. The lowest BCUT2D eigenvalue weighted by atomic mass is 9.76. The lowest BCUT2D eigenvalue weighted by molar-refractivity contribution is -0.325. The van der Waals surface area contributed by atoms with Gasteiger partial charge in [-0.25, -0.2) is 9.59 Å². The zero-order chi connectivity index (χ0) is 33.3. The molecule has 0 unspecified atom stereocenters. The number of rotatable bonds is 7. The SMILES string of the molecule is Cc1cc(C)c2c(ccn2C(=O)OC(C)(C)C)c1C[C@@H]1CCN(CCOC(F)(F)F)C[C@H]1c1ccc(C(=O)OC(C)(C)C)cc1. The van der Waals surface area contributed by atoms with E-state index in [-0.39, 0.29) is 18.4 Å². The van der Waals surface area contributed by atoms with E-state index in [2.05, 4.69) is 17.7 Å². The van der Waals surface area contributed by atoms with E-state index in [1.165, 1.54) is 0 Å². The van der Waals surface area contributed by atoms with E-state index in [0.717, 1.165) is 39.6 Å². The standard InChI is InChI=1S/C35H45F3N2O5/c1-22-19-23(2)30-27(14-16-40(30)32(42)45-34(6,7)8)28(22)20-26-13-15-39(17-18-43-35(36,37)38)21-29(26)24-9-11-25(12-10-24)31(41)44-33(3,4)5/h9-12,14,16,19,26,29H,13,15,17-18,20-21H2,1-8H3/t26-,29-/m0/s1. The van der Waals surface area contributed by atoms with Crippen molar-refractivity contribution in [3.63, 3.8) is 0 Å². The maximum absolute atomic E-state index is 13.1. The van der Waals surface area contributed by atoms with Crippen LogP contribution in [0.2, 0.25) is 0 Å². The van der Waals surface area contributed by atoms with Crippen LogP contribution in [0.4, 0.5) is 18.0 Å². The number of esters is 1. The van der Waals surface area contributed by atoms with Gasteiger partial charge in [0.25, 0.3) is 0 Å². The fraction of sp³-hybridized carbons (Fsp3) is 0.543. The Morgan fingerprint density at radius 2 is 1.56 bits per heavy atom. The Labute approximate surface area is 263 Å². The number of fused-ring (bicyclic) bond motifs is 1. The van der Waals surface area contributed by atoms with E-state index in [0.29, 0.717) is 25.1 Å². The molecule has 1 saturated heterocycles. The van der Waals surface area contributed by atoms with Crippen LogP contribution in [0.3, 0.4) is 0 Å². The average Bonchev–Trinajstić information content (AvgIpc) is 3.35. The highest BCUT2D eigenvalue weighted by molar-refractivity contribution is 5.94. The third kappa shape index (κ3) is 9.10. The molecule has 0 radical (unpaired) electrons. The Morgan fingerprint density at radius 3 is 2.16 bits per heavy atom. The third-order valence-corrected chi connectivity index (χ3v) is 8.04. The van der Waals surface area contributed by atoms with E-state index >= 15 is 0 Å². The van der Waals surface area contributed by atoms with Gasteiger partial charge in [-0.15, -0.1) is 13.2 Å². The van der Waals surface area contributed by atoms with Crippen molar-refractivity contribution >= 4 is 23.0 Å². The first-order chi connectivity index (χ1) is 20.8. The quantitative estimate of drug-likeness (QED) is 0.245. The van der Waals surface area contributed by atoms with Gasteiger partial charge in [-0.3, -0.25) is 9.30 Å². The van der Waals surface area contributed by atoms with Crippen molar-refractivity contribution in [2.24, 2.45) is 5.92 Å². The fourth-order valence-corrected chi connectivity index (χ4v) is 6.15. The van der Waals surface area contributed by atoms with Gasteiger partial charge in [-0.2, -0.15) is 0 Å². The minimum absolute atomic E-state index is 0.0129. The van der Waals surface area contributed by atoms with Crippen molar-refractivity contribution in [3.8, 4) is 0 Å². The smallest absolute Gasteiger partial charge is 0.456 e. The monoisotopic (exact) mass is 630 g/mol. The van der Waals surface area contributed by atoms with Gasteiger partial charge >= 0.3 is 18.4 Å². The van der Waals surface area contributed by atoms with E-state index < -0.39 is 36.2 Å². The van der Waals surface area contributed by atoms with Crippen LogP contribution in [0.5, 0.6) is 0 Å². The molecule has 45 heavy (non-hydrogen) atoms. The predicted molar refractivity (Wildman–Crippen MR) is 168 cm³/mol. The molecule has 3 aromatic rings. The predicted octanol–water partition coefficient (Wildman–Crippen LogP) is 8.18. The van der Waals surface area contributed by atoms with Crippen LogP contribution in [0.25, 0.3) is 10.9 Å². The van der Waals surface area contributed by atoms with Crippen molar-refractivity contribution in [2.45, 2.75) is 91.7 Å². The molecule has 10 heteroatoms. The zero-order valence-corrected chi connectivity index (χ0v) is 27.5. The van der Waals surface area contributed by atoms with Crippen molar-refractivity contribution in [2.75, 3.05) is 26.2 Å². The van der Waals surface area contributed by atoms with Crippen molar-refractivity contribution in [3.05, 3.63) is 70.4 Å². The zero-order valence-electron chi connectivity index (χ0n) is 27.5. The van der Waals surface area contributed by atoms with Gasteiger partial charge in [0.05, 0.1) is 17.7 Å². The van der Waals surface area contributed by atoms with Crippen molar-refractivity contribution < 1.29 is 37.0 Å². The molecule has 1 aliphatic rings. The Kier molecular flexibility index (Phi) is 10.1. The number of benzene rings is 2. The second-order valence-corrected chi connectivity index (χ2v) is 14.0. The second kappa shape index (κ2) is 13.2. The summed E-state index contributed by atoms with van der Waals surface area (Å²) in [7, 11) is 0. The Morgan fingerprint density at radius 1 is 0.911 bits per heavy atom. The minimum atomic E-state index is -4.67. The van der Waals surface area contributed by atoms with Crippen LogP contribution in [0.15, 0.2) is 42.6 Å². The fourth-order valence-electron chi connectivity index (χ4n) is 6.15. The summed E-state index contributed by atoms with van der Waals surface area (Å²) in [6, 6.07) is 11.4. The van der Waals surface area contributed by atoms with E-state index in [9.17, 15) is 22.8 Å². The molecule has 1 aliphatic heterocycles. The topological polar surface area (TPSA) is 70.0 Å². The molecule has 2 heterocycles. The molecule has 2 aromatic carbocycles. The van der Waals surface area contributed by atoms with Gasteiger partial charge < -0.3 is 14.4 Å². The van der Waals surface area contributed by atoms with E-state index in [4.69, 9.17) is 9.47 Å². The molecule has 0 N–H and O–H groups in total. The summed E-state index contributed by atoms with van der Waals surface area (Å²) in [5.41, 5.74) is 4.20. The highest BCUT2D eigenvalue weighted by atomic mass is 19.4. The number of carbonyl (C=O) groups is 2. The summed E-state index contributed by atoms with van der Waals surface area (Å²) in [5.74, 6) is -0.264. The normalized spacial score (nSPS) is 18.3. The maximum atomic E-state index is 13.1. The molecule has 2 atom stereocenters. The largest absolute Gasteiger partial charge is 0.522 e. The number of nitrogens with zero attached hydrogens (tertiary/aromatic N) is 2. The van der Waals surface area contributed by atoms with Gasteiger partial charge in [-0.05, 0) is 127 Å². The van der Waals surface area contributed by atoms with Crippen LogP contribution in [0, 0.1) is 19.8 Å². The number of carbonyl (C=O) groups excluding carboxylic acids is 2. The van der Waals surface area contributed by atoms with E-state index in [1.807, 2.05) is 71.6 Å². The Hall–Kier alpha value is -3.37. The van der Waals surface area contributed by atoms with Crippen molar-refractivity contribution in [1.29, 1.82) is 0 Å². The summed E-state index contributed by atoms with van der Waals surface area (Å²) in [5, 5.41) is 0.985. The number of aromatic nitrogens is 1. The van der Waals surface area contributed by atoms with Crippen LogP contribution in [0.1, 0.15) is 86.5 Å². The highest BCUT2D eigenvalue weighted by Crippen LogP contribution is 2.38. The maximum Gasteiger partial charge on any atom is 0.522 e. The number of hydrogen-bond donors (Lipinski definition) is 0. The molecule has 0 bridgehead atoms. The molecule has 0 spiro atoms. The molecule has 0 aliphatic carbocycles. The summed E-state index contributed by atoms with van der Waals surface area (Å²) in [4.78, 5) is 27.7.